The Labute approximate surface area is 182 Å². The molecular weight excluding hydrogens is 406 g/mol. The van der Waals surface area contributed by atoms with Crippen molar-refractivity contribution in [3.8, 4) is 0 Å². The first kappa shape index (κ1) is 23.8. The van der Waals surface area contributed by atoms with Crippen LogP contribution in [0, 0.1) is 0 Å². The molecule has 1 heterocycles. The fourth-order valence-corrected chi connectivity index (χ4v) is 6.85. The third kappa shape index (κ3) is 6.78. The maximum Gasteiger partial charge on any atom is 0.304 e. The van der Waals surface area contributed by atoms with Crippen molar-refractivity contribution in [1.29, 1.82) is 0 Å². The molecule has 1 unspecified atom stereocenters. The minimum Gasteiger partial charge on any atom is -0.481 e. The molecule has 29 heavy (non-hydrogen) atoms. The van der Waals surface area contributed by atoms with Gasteiger partial charge in [0.05, 0.1) is 17.5 Å². The Balaban J connectivity index is 1.77. The topological polar surface area (TPSA) is 74.7 Å². The molecule has 7 heteroatoms. The average Bonchev–Trinajstić information content (AvgIpc) is 2.81. The Morgan fingerprint density at radius 1 is 1.07 bits per heavy atom. The van der Waals surface area contributed by atoms with Gasteiger partial charge in [0.2, 0.25) is 0 Å². The average molecular weight is 438 g/mol. The highest BCUT2D eigenvalue weighted by molar-refractivity contribution is 8.01. The number of carboxylic acid groups (broad SMARTS) is 1. The first-order chi connectivity index (χ1) is 13.4. The molecule has 160 valence electrons. The Morgan fingerprint density at radius 3 is 2.14 bits per heavy atom. The molecule has 0 aliphatic carbocycles. The van der Waals surface area contributed by atoms with E-state index in [0.717, 1.165) is 18.6 Å². The van der Waals surface area contributed by atoms with E-state index in [1.807, 2.05) is 25.6 Å². The van der Waals surface area contributed by atoms with Gasteiger partial charge in [0.25, 0.3) is 11.8 Å². The van der Waals surface area contributed by atoms with E-state index in [4.69, 9.17) is 5.11 Å². The molecule has 0 spiro atoms. The molecule has 0 saturated carbocycles. The predicted molar refractivity (Wildman–Crippen MR) is 121 cm³/mol. The number of benzene rings is 1. The third-order valence-electron chi connectivity index (χ3n) is 4.77. The smallest absolute Gasteiger partial charge is 0.304 e. The summed E-state index contributed by atoms with van der Waals surface area (Å²) in [6, 6.07) is 6.97. The summed E-state index contributed by atoms with van der Waals surface area (Å²) in [7, 11) is 0. The van der Waals surface area contributed by atoms with Crippen molar-refractivity contribution < 1.29 is 19.5 Å². The fourth-order valence-electron chi connectivity index (χ4n) is 3.76. The summed E-state index contributed by atoms with van der Waals surface area (Å²) in [5.41, 5.74) is 1.00. The second-order valence-corrected chi connectivity index (χ2v) is 12.7. The maximum atomic E-state index is 12.4. The highest BCUT2D eigenvalue weighted by Gasteiger charge is 2.34. The third-order valence-corrected chi connectivity index (χ3v) is 7.57. The van der Waals surface area contributed by atoms with E-state index in [1.165, 1.54) is 4.90 Å². The van der Waals surface area contributed by atoms with Crippen molar-refractivity contribution in [2.24, 2.45) is 0 Å². The number of hydrogen-bond acceptors (Lipinski definition) is 5. The zero-order valence-electron chi connectivity index (χ0n) is 17.9. The molecule has 0 aromatic heterocycles. The Morgan fingerprint density at radius 2 is 1.62 bits per heavy atom. The van der Waals surface area contributed by atoms with Crippen LogP contribution in [0.15, 0.2) is 24.3 Å². The van der Waals surface area contributed by atoms with Crippen molar-refractivity contribution in [3.05, 3.63) is 35.4 Å². The van der Waals surface area contributed by atoms with Crippen LogP contribution in [0.2, 0.25) is 0 Å². The lowest BCUT2D eigenvalue weighted by Gasteiger charge is -2.32. The molecule has 0 saturated heterocycles. The number of amides is 2. The molecule has 1 atom stereocenters. The molecule has 1 aromatic carbocycles. The van der Waals surface area contributed by atoms with Gasteiger partial charge < -0.3 is 5.11 Å². The van der Waals surface area contributed by atoms with Crippen molar-refractivity contribution in [3.63, 3.8) is 0 Å². The number of carbonyl (C=O) groups excluding carboxylic acids is 2. The first-order valence-electron chi connectivity index (χ1n) is 9.91. The van der Waals surface area contributed by atoms with Crippen molar-refractivity contribution in [2.45, 2.75) is 68.6 Å². The van der Waals surface area contributed by atoms with Crippen molar-refractivity contribution in [2.75, 3.05) is 12.3 Å². The Bertz CT molecular complexity index is 741. The molecule has 1 aliphatic heterocycles. The minimum absolute atomic E-state index is 0.0354. The molecule has 0 bridgehead atoms. The number of carboxylic acids is 1. The van der Waals surface area contributed by atoms with Gasteiger partial charge in [-0.25, -0.2) is 0 Å². The number of hydrogen-bond donors (Lipinski definition) is 1. The quantitative estimate of drug-likeness (QED) is 0.390. The monoisotopic (exact) mass is 437 g/mol. The van der Waals surface area contributed by atoms with Crippen molar-refractivity contribution in [1.82, 2.24) is 4.90 Å². The molecule has 2 amide bonds. The number of carbonyl (C=O) groups is 3. The summed E-state index contributed by atoms with van der Waals surface area (Å²) < 4.78 is -0.259. The lowest BCUT2D eigenvalue weighted by Crippen LogP contribution is -2.31. The minimum atomic E-state index is -0.767. The standard InChI is InChI=1S/C22H31NO4S2/c1-15(29-22(4,5)14-18(24)25)13-21(2,3)28-12-8-11-23-19(26)16-9-6-7-10-17(16)20(23)27/h6-7,9-10,15H,8,11-14H2,1-5H3,(H,24,25). The summed E-state index contributed by atoms with van der Waals surface area (Å²) in [6.07, 6.45) is 1.86. The second-order valence-electron chi connectivity index (χ2n) is 8.73. The molecule has 2 rings (SSSR count). The highest BCUT2D eigenvalue weighted by Crippen LogP contribution is 2.39. The van der Waals surface area contributed by atoms with E-state index in [2.05, 4.69) is 20.8 Å². The van der Waals surface area contributed by atoms with Gasteiger partial charge in [0, 0.05) is 21.3 Å². The lowest BCUT2D eigenvalue weighted by atomic mass is 10.1. The van der Waals surface area contributed by atoms with Gasteiger partial charge in [0.15, 0.2) is 0 Å². The van der Waals surface area contributed by atoms with E-state index >= 15 is 0 Å². The summed E-state index contributed by atoms with van der Waals surface area (Å²) in [6.45, 7) is 10.9. The summed E-state index contributed by atoms with van der Waals surface area (Å²) >= 11 is 3.56. The number of aliphatic carboxylic acids is 1. The number of thioether (sulfide) groups is 2. The van der Waals surface area contributed by atoms with Crippen LogP contribution in [-0.2, 0) is 4.79 Å². The van der Waals surface area contributed by atoms with Crippen LogP contribution in [-0.4, -0.2) is 54.8 Å². The lowest BCUT2D eigenvalue weighted by molar-refractivity contribution is -0.137. The molecule has 1 N–H and O–H groups in total. The fraction of sp³-hybridized carbons (Fsp3) is 0.591. The summed E-state index contributed by atoms with van der Waals surface area (Å²) in [5, 5.41) is 9.39. The molecule has 1 aromatic rings. The second kappa shape index (κ2) is 9.56. The van der Waals surface area contributed by atoms with Gasteiger partial charge in [0.1, 0.15) is 0 Å². The van der Waals surface area contributed by atoms with E-state index < -0.39 is 5.97 Å². The van der Waals surface area contributed by atoms with Crippen LogP contribution in [0.25, 0.3) is 0 Å². The van der Waals surface area contributed by atoms with E-state index in [-0.39, 0.29) is 27.7 Å². The van der Waals surface area contributed by atoms with Gasteiger partial charge in [-0.1, -0.05) is 46.8 Å². The number of rotatable bonds is 11. The van der Waals surface area contributed by atoms with Crippen LogP contribution in [0.5, 0.6) is 0 Å². The number of nitrogens with zero attached hydrogens (tertiary/aromatic N) is 1. The number of imide groups is 1. The van der Waals surface area contributed by atoms with Gasteiger partial charge in [-0.15, -0.1) is 0 Å². The zero-order chi connectivity index (χ0) is 21.8. The Hall–Kier alpha value is -1.47. The number of fused-ring (bicyclic) bond motifs is 1. The molecular formula is C22H31NO4S2. The molecule has 0 fully saturated rings. The van der Waals surface area contributed by atoms with E-state index in [9.17, 15) is 14.4 Å². The van der Waals surface area contributed by atoms with Gasteiger partial charge >= 0.3 is 5.97 Å². The zero-order valence-corrected chi connectivity index (χ0v) is 19.5. The first-order valence-corrected chi connectivity index (χ1v) is 11.8. The summed E-state index contributed by atoms with van der Waals surface area (Å²) in [4.78, 5) is 37.2. The van der Waals surface area contributed by atoms with Crippen molar-refractivity contribution >= 4 is 41.3 Å². The largest absolute Gasteiger partial charge is 0.481 e. The normalized spacial score (nSPS) is 15.6. The SMILES string of the molecule is CC(CC(C)(C)SCCCN1C(=O)c2ccccc2C1=O)SC(C)(C)CC(=O)O. The van der Waals surface area contributed by atoms with Crippen LogP contribution >= 0.6 is 23.5 Å². The van der Waals surface area contributed by atoms with Crippen LogP contribution in [0.1, 0.15) is 74.6 Å². The molecule has 5 nitrogen and oxygen atoms in total. The highest BCUT2D eigenvalue weighted by atomic mass is 32.2. The maximum absolute atomic E-state index is 12.4. The van der Waals surface area contributed by atoms with Crippen LogP contribution < -0.4 is 0 Å². The van der Waals surface area contributed by atoms with Crippen LogP contribution in [0.3, 0.4) is 0 Å². The molecule has 1 aliphatic rings. The van der Waals surface area contributed by atoms with E-state index in [0.29, 0.717) is 22.9 Å². The van der Waals surface area contributed by atoms with Gasteiger partial charge in [-0.3, -0.25) is 19.3 Å². The van der Waals surface area contributed by atoms with E-state index in [1.54, 1.807) is 36.0 Å². The van der Waals surface area contributed by atoms with Crippen LogP contribution in [0.4, 0.5) is 0 Å². The summed E-state index contributed by atoms with van der Waals surface area (Å²) in [5.74, 6) is -0.298. The van der Waals surface area contributed by atoms with Gasteiger partial charge in [-0.2, -0.15) is 23.5 Å². The van der Waals surface area contributed by atoms with Gasteiger partial charge in [-0.05, 0) is 30.7 Å². The molecule has 0 radical (unpaired) electrons. The Kier molecular flexibility index (Phi) is 7.85. The predicted octanol–water partition coefficient (Wildman–Crippen LogP) is 4.95.